The number of halogens is 1. The van der Waals surface area contributed by atoms with E-state index in [0.29, 0.717) is 5.56 Å². The van der Waals surface area contributed by atoms with Crippen LogP contribution in [0, 0.1) is 6.92 Å². The highest BCUT2D eigenvalue weighted by molar-refractivity contribution is 6.30. The van der Waals surface area contributed by atoms with Crippen LogP contribution < -0.4 is 5.32 Å². The van der Waals surface area contributed by atoms with Gasteiger partial charge in [0.05, 0.1) is 11.7 Å². The summed E-state index contributed by atoms with van der Waals surface area (Å²) in [6.45, 7) is 8.56. The Balaban J connectivity index is 1.71. The summed E-state index contributed by atoms with van der Waals surface area (Å²) >= 11 is 6.14. The minimum Gasteiger partial charge on any atom is -0.459 e. The molecular formula is C30H30ClNO2. The molecule has 0 bridgehead atoms. The third-order valence-corrected chi connectivity index (χ3v) is 6.23. The summed E-state index contributed by atoms with van der Waals surface area (Å²) in [6.07, 6.45) is -0.161. The van der Waals surface area contributed by atoms with E-state index in [1.165, 1.54) is 10.9 Å². The maximum Gasteiger partial charge on any atom is 0.338 e. The van der Waals surface area contributed by atoms with Gasteiger partial charge in [-0.15, -0.1) is 0 Å². The van der Waals surface area contributed by atoms with Gasteiger partial charge in [0, 0.05) is 17.6 Å². The number of hydrogen-bond donors (Lipinski definition) is 1. The summed E-state index contributed by atoms with van der Waals surface area (Å²) in [5.74, 6) is -0.286. The first-order valence-electron chi connectivity index (χ1n) is 11.6. The van der Waals surface area contributed by atoms with Crippen molar-refractivity contribution >= 4 is 28.3 Å². The highest BCUT2D eigenvalue weighted by atomic mass is 35.5. The molecule has 0 aliphatic rings. The molecule has 4 rings (SSSR count). The second kappa shape index (κ2) is 10.4. The van der Waals surface area contributed by atoms with Crippen molar-refractivity contribution in [1.29, 1.82) is 0 Å². The lowest BCUT2D eigenvalue weighted by atomic mass is 9.92. The Bertz CT molecular complexity index is 1330. The topological polar surface area (TPSA) is 38.3 Å². The van der Waals surface area contributed by atoms with Gasteiger partial charge < -0.3 is 10.1 Å². The third kappa shape index (κ3) is 5.49. The van der Waals surface area contributed by atoms with Gasteiger partial charge in [-0.2, -0.15) is 0 Å². The fourth-order valence-corrected chi connectivity index (χ4v) is 4.36. The Morgan fingerprint density at radius 3 is 2.50 bits per heavy atom. The lowest BCUT2D eigenvalue weighted by Crippen LogP contribution is -2.18. The molecular weight excluding hydrogens is 442 g/mol. The lowest BCUT2D eigenvalue weighted by molar-refractivity contribution is 0.0377. The fraction of sp³-hybridized carbons (Fsp3) is 0.233. The van der Waals surface area contributed by atoms with Crippen molar-refractivity contribution in [2.24, 2.45) is 0 Å². The van der Waals surface area contributed by atoms with Crippen molar-refractivity contribution in [3.63, 3.8) is 0 Å². The zero-order chi connectivity index (χ0) is 24.2. The van der Waals surface area contributed by atoms with E-state index in [-0.39, 0.29) is 18.1 Å². The molecule has 4 aromatic rings. The molecule has 3 nitrogen and oxygen atoms in total. The van der Waals surface area contributed by atoms with Crippen LogP contribution >= 0.6 is 11.6 Å². The van der Waals surface area contributed by atoms with Crippen molar-refractivity contribution in [3.05, 3.63) is 106 Å². The molecule has 1 unspecified atom stereocenters. The van der Waals surface area contributed by atoms with Crippen molar-refractivity contribution in [2.45, 2.75) is 46.4 Å². The van der Waals surface area contributed by atoms with Crippen molar-refractivity contribution in [1.82, 2.24) is 5.32 Å². The summed E-state index contributed by atoms with van der Waals surface area (Å²) in [4.78, 5) is 12.7. The molecule has 4 heteroatoms. The number of ether oxygens (including phenoxy) is 1. The van der Waals surface area contributed by atoms with Gasteiger partial charge in [-0.25, -0.2) is 4.79 Å². The van der Waals surface area contributed by atoms with Gasteiger partial charge in [0.15, 0.2) is 0 Å². The highest BCUT2D eigenvalue weighted by Crippen LogP contribution is 2.33. The van der Waals surface area contributed by atoms with Crippen LogP contribution in [0.3, 0.4) is 0 Å². The van der Waals surface area contributed by atoms with Gasteiger partial charge in [-0.3, -0.25) is 0 Å². The van der Waals surface area contributed by atoms with E-state index >= 15 is 0 Å². The molecule has 1 N–H and O–H groups in total. The molecule has 0 aliphatic carbocycles. The second-order valence-corrected chi connectivity index (χ2v) is 9.44. The van der Waals surface area contributed by atoms with Crippen LogP contribution in [0.5, 0.6) is 0 Å². The first-order valence-corrected chi connectivity index (χ1v) is 12.0. The van der Waals surface area contributed by atoms with E-state index in [4.69, 9.17) is 16.3 Å². The van der Waals surface area contributed by atoms with Crippen LogP contribution in [0.2, 0.25) is 5.02 Å². The van der Waals surface area contributed by atoms with E-state index in [0.717, 1.165) is 39.2 Å². The van der Waals surface area contributed by atoms with Crippen LogP contribution in [-0.2, 0) is 11.3 Å². The Hall–Kier alpha value is -3.14. The van der Waals surface area contributed by atoms with Crippen LogP contribution in [0.4, 0.5) is 0 Å². The third-order valence-electron chi connectivity index (χ3n) is 6.00. The number of rotatable bonds is 7. The predicted octanol–water partition coefficient (Wildman–Crippen LogP) is 7.88. The summed E-state index contributed by atoms with van der Waals surface area (Å²) in [7, 11) is 0. The molecule has 0 aromatic heterocycles. The molecule has 0 fully saturated rings. The number of carbonyl (C=O) groups is 1. The molecule has 1 atom stereocenters. The van der Waals surface area contributed by atoms with E-state index in [1.54, 1.807) is 0 Å². The van der Waals surface area contributed by atoms with E-state index in [2.05, 4.69) is 60.8 Å². The predicted molar refractivity (Wildman–Crippen MR) is 141 cm³/mol. The van der Waals surface area contributed by atoms with E-state index in [1.807, 2.05) is 51.1 Å². The molecule has 0 amide bonds. The normalized spacial score (nSPS) is 12.2. The number of benzene rings is 4. The number of hydrogen-bond acceptors (Lipinski definition) is 3. The fourth-order valence-electron chi connectivity index (χ4n) is 4.15. The molecule has 0 saturated carbocycles. The number of aryl methyl sites for hydroxylation is 1. The zero-order valence-electron chi connectivity index (χ0n) is 20.1. The Kier molecular flexibility index (Phi) is 7.35. The van der Waals surface area contributed by atoms with Crippen LogP contribution in [0.15, 0.2) is 78.9 Å². The molecule has 0 saturated heterocycles. The summed E-state index contributed by atoms with van der Waals surface area (Å²) in [5, 5.41) is 6.67. The molecule has 0 spiro atoms. The number of nitrogens with one attached hydrogen (secondary N) is 1. The molecule has 0 heterocycles. The maximum absolute atomic E-state index is 12.7. The highest BCUT2D eigenvalue weighted by Gasteiger charge is 2.16. The Labute approximate surface area is 206 Å². The van der Waals surface area contributed by atoms with Crippen LogP contribution in [0.25, 0.3) is 21.9 Å². The quantitative estimate of drug-likeness (QED) is 0.278. The largest absolute Gasteiger partial charge is 0.459 e. The monoisotopic (exact) mass is 471 g/mol. The van der Waals surface area contributed by atoms with Gasteiger partial charge in [-0.05, 0) is 96.6 Å². The van der Waals surface area contributed by atoms with Crippen molar-refractivity contribution in [3.8, 4) is 11.1 Å². The standard InChI is InChI=1S/C30H30ClNO2/c1-19(2)34-30(33)28-16-24(13-12-20(28)3)29-17-25(15-23-9-5-6-11-27(23)29)21(4)32-18-22-8-7-10-26(31)14-22/h5-17,19,21,32H,18H2,1-4H3. The average molecular weight is 472 g/mol. The molecule has 0 aliphatic heterocycles. The molecule has 34 heavy (non-hydrogen) atoms. The molecule has 4 aromatic carbocycles. The number of carbonyl (C=O) groups excluding carboxylic acids is 1. The Morgan fingerprint density at radius 1 is 0.941 bits per heavy atom. The van der Waals surface area contributed by atoms with Gasteiger partial charge in [0.2, 0.25) is 0 Å². The SMILES string of the molecule is Cc1ccc(-c2cc(C(C)NCc3cccc(Cl)c3)cc3ccccc23)cc1C(=O)OC(C)C. The van der Waals surface area contributed by atoms with Crippen molar-refractivity contribution < 1.29 is 9.53 Å². The first kappa shape index (κ1) is 24.0. The molecule has 174 valence electrons. The van der Waals surface area contributed by atoms with Crippen LogP contribution in [0.1, 0.15) is 53.9 Å². The van der Waals surface area contributed by atoms with E-state index in [9.17, 15) is 4.79 Å². The van der Waals surface area contributed by atoms with Gasteiger partial charge in [0.25, 0.3) is 0 Å². The van der Waals surface area contributed by atoms with Crippen molar-refractivity contribution in [2.75, 3.05) is 0 Å². The maximum atomic E-state index is 12.7. The Morgan fingerprint density at radius 2 is 1.74 bits per heavy atom. The minimum atomic E-state index is -0.286. The molecule has 0 radical (unpaired) electrons. The number of fused-ring (bicyclic) bond motifs is 1. The lowest BCUT2D eigenvalue weighted by Gasteiger charge is -2.18. The summed E-state index contributed by atoms with van der Waals surface area (Å²) in [6, 6.07) is 26.9. The second-order valence-electron chi connectivity index (χ2n) is 9.01. The zero-order valence-corrected chi connectivity index (χ0v) is 20.8. The minimum absolute atomic E-state index is 0.123. The summed E-state index contributed by atoms with van der Waals surface area (Å²) < 4.78 is 5.48. The van der Waals surface area contributed by atoms with Gasteiger partial charge in [0.1, 0.15) is 0 Å². The average Bonchev–Trinajstić information content (AvgIpc) is 2.81. The summed E-state index contributed by atoms with van der Waals surface area (Å²) in [5.41, 5.74) is 5.94. The first-order chi connectivity index (χ1) is 16.3. The van der Waals surface area contributed by atoms with Gasteiger partial charge in [-0.1, -0.05) is 60.1 Å². The number of esters is 1. The smallest absolute Gasteiger partial charge is 0.338 e. The van der Waals surface area contributed by atoms with E-state index < -0.39 is 0 Å². The van der Waals surface area contributed by atoms with Gasteiger partial charge >= 0.3 is 5.97 Å². The van der Waals surface area contributed by atoms with Crippen LogP contribution in [-0.4, -0.2) is 12.1 Å².